The number of aromatic nitrogens is 2. The zero-order valence-corrected chi connectivity index (χ0v) is 24.4. The Morgan fingerprint density at radius 3 is 2.59 bits per heavy atom. The highest BCUT2D eigenvalue weighted by Crippen LogP contribution is 2.37. The van der Waals surface area contributed by atoms with Gasteiger partial charge in [0.25, 0.3) is 0 Å². The molecule has 3 aromatic rings. The van der Waals surface area contributed by atoms with Gasteiger partial charge in [-0.2, -0.15) is 9.97 Å². The summed E-state index contributed by atoms with van der Waals surface area (Å²) in [5, 5.41) is 15.7. The van der Waals surface area contributed by atoms with Crippen LogP contribution in [0.1, 0.15) is 55.3 Å². The van der Waals surface area contributed by atoms with Gasteiger partial charge >= 0.3 is 6.01 Å². The molecule has 2 bridgehead atoms. The Morgan fingerprint density at radius 1 is 0.976 bits per heavy atom. The summed E-state index contributed by atoms with van der Waals surface area (Å²) in [6.45, 7) is 5.75. The number of aliphatic hydroxyl groups excluding tert-OH is 1. The number of likely N-dealkylation sites (tertiary alicyclic amines) is 1. The van der Waals surface area contributed by atoms with Gasteiger partial charge in [0.2, 0.25) is 0 Å². The Bertz CT molecular complexity index is 1360. The van der Waals surface area contributed by atoms with E-state index >= 15 is 0 Å². The summed E-state index contributed by atoms with van der Waals surface area (Å²) in [6.07, 6.45) is 8.64. The first-order valence-electron chi connectivity index (χ1n) is 15.8. The van der Waals surface area contributed by atoms with Crippen LogP contribution < -0.4 is 19.9 Å². The maximum atomic E-state index is 9.35. The first kappa shape index (κ1) is 26.9. The summed E-state index contributed by atoms with van der Waals surface area (Å²) in [5.41, 5.74) is 5.05. The van der Waals surface area contributed by atoms with Gasteiger partial charge in [0, 0.05) is 61.0 Å². The minimum absolute atomic E-state index is 0.249. The smallest absolute Gasteiger partial charge is 0.318 e. The van der Waals surface area contributed by atoms with Crippen LogP contribution in [0.3, 0.4) is 0 Å². The Balaban J connectivity index is 1.21. The number of hydrogen-bond acceptors (Lipinski definition) is 8. The number of nitrogens with one attached hydrogen (secondary N) is 1. The van der Waals surface area contributed by atoms with E-state index in [4.69, 9.17) is 14.7 Å². The minimum atomic E-state index is 0.249. The second-order valence-corrected chi connectivity index (χ2v) is 12.5. The number of nitrogens with zero attached hydrogens (tertiary/aromatic N) is 5. The number of ether oxygens (including phenoxy) is 1. The van der Waals surface area contributed by atoms with Gasteiger partial charge in [-0.3, -0.25) is 0 Å². The lowest BCUT2D eigenvalue weighted by Gasteiger charge is -2.37. The molecule has 2 N–H and O–H groups in total. The molecule has 2 unspecified atom stereocenters. The third-order valence-corrected chi connectivity index (χ3v) is 9.78. The van der Waals surface area contributed by atoms with E-state index in [0.29, 0.717) is 30.7 Å². The highest BCUT2D eigenvalue weighted by Gasteiger charge is 2.35. The summed E-state index contributed by atoms with van der Waals surface area (Å²) >= 11 is 0. The largest absolute Gasteiger partial charge is 0.462 e. The lowest BCUT2D eigenvalue weighted by atomic mass is 9.96. The summed E-state index contributed by atoms with van der Waals surface area (Å²) in [5.74, 6) is 1.10. The molecule has 3 atom stereocenters. The number of aryl methyl sites for hydroxylation is 1. The van der Waals surface area contributed by atoms with Gasteiger partial charge in [-0.1, -0.05) is 30.3 Å². The molecule has 0 radical (unpaired) electrons. The van der Waals surface area contributed by atoms with E-state index in [1.807, 2.05) is 0 Å². The van der Waals surface area contributed by atoms with Gasteiger partial charge in [-0.25, -0.2) is 0 Å². The van der Waals surface area contributed by atoms with Crippen molar-refractivity contribution in [2.24, 2.45) is 0 Å². The van der Waals surface area contributed by atoms with Gasteiger partial charge < -0.3 is 29.9 Å². The maximum absolute atomic E-state index is 9.35. The van der Waals surface area contributed by atoms with Crippen LogP contribution in [0.15, 0.2) is 36.4 Å². The molecule has 1 aromatic heterocycles. The Hall–Kier alpha value is -2.94. The topological polar surface area (TPSA) is 77.0 Å². The third-order valence-electron chi connectivity index (χ3n) is 9.78. The molecule has 5 heterocycles. The second kappa shape index (κ2) is 11.7. The highest BCUT2D eigenvalue weighted by molar-refractivity contribution is 5.97. The minimum Gasteiger partial charge on any atom is -0.462 e. The molecule has 8 heteroatoms. The average molecular weight is 557 g/mol. The number of likely N-dealkylation sites (N-methyl/N-ethyl adjacent to an activating group) is 1. The SMILES string of the molecule is CN1CCC[C@H]1COc1nc2c(c(N3CC4CCC(C3)N4)n1)CCN(c1cccc3cccc(CCCCO)c13)C2. The third kappa shape index (κ3) is 5.49. The number of fused-ring (bicyclic) bond motifs is 4. The van der Waals surface area contributed by atoms with Crippen molar-refractivity contribution in [1.82, 2.24) is 20.2 Å². The van der Waals surface area contributed by atoms with E-state index in [9.17, 15) is 5.11 Å². The van der Waals surface area contributed by atoms with Crippen molar-refractivity contribution < 1.29 is 9.84 Å². The van der Waals surface area contributed by atoms with Gasteiger partial charge in [-0.15, -0.1) is 0 Å². The second-order valence-electron chi connectivity index (χ2n) is 12.5. The van der Waals surface area contributed by atoms with Gasteiger partial charge in [0.05, 0.1) is 12.2 Å². The fourth-order valence-electron chi connectivity index (χ4n) is 7.55. The number of benzene rings is 2. The van der Waals surface area contributed by atoms with Crippen LogP contribution >= 0.6 is 0 Å². The number of anilines is 2. The molecule has 3 saturated heterocycles. The summed E-state index contributed by atoms with van der Waals surface area (Å²) in [6, 6.07) is 15.4. The highest BCUT2D eigenvalue weighted by atomic mass is 16.5. The van der Waals surface area contributed by atoms with Crippen molar-refractivity contribution in [2.45, 2.75) is 76.0 Å². The zero-order valence-electron chi connectivity index (χ0n) is 24.4. The van der Waals surface area contributed by atoms with Crippen LogP contribution in [0.4, 0.5) is 11.5 Å². The molecule has 0 saturated carbocycles. The predicted molar refractivity (Wildman–Crippen MR) is 164 cm³/mol. The van der Waals surface area contributed by atoms with Crippen molar-refractivity contribution in [3.05, 3.63) is 53.2 Å². The van der Waals surface area contributed by atoms with Crippen LogP contribution in [0.25, 0.3) is 10.8 Å². The molecular weight excluding hydrogens is 512 g/mol. The van der Waals surface area contributed by atoms with E-state index in [1.165, 1.54) is 53.3 Å². The molecular formula is C33H44N6O2. The van der Waals surface area contributed by atoms with Crippen molar-refractivity contribution in [1.29, 1.82) is 0 Å². The molecule has 0 aliphatic carbocycles. The first-order valence-corrected chi connectivity index (χ1v) is 15.8. The molecule has 0 spiro atoms. The van der Waals surface area contributed by atoms with E-state index in [-0.39, 0.29) is 6.61 Å². The van der Waals surface area contributed by atoms with E-state index in [2.05, 4.69) is 63.5 Å². The van der Waals surface area contributed by atoms with Crippen molar-refractivity contribution in [3.8, 4) is 6.01 Å². The number of aliphatic hydroxyl groups is 1. The quantitative estimate of drug-likeness (QED) is 0.384. The van der Waals surface area contributed by atoms with Crippen LogP contribution in [0.2, 0.25) is 0 Å². The molecule has 4 aliphatic heterocycles. The van der Waals surface area contributed by atoms with Crippen LogP contribution in [-0.4, -0.2) is 84.5 Å². The number of piperazine rings is 1. The van der Waals surface area contributed by atoms with Crippen LogP contribution in [0, 0.1) is 0 Å². The predicted octanol–water partition coefficient (Wildman–Crippen LogP) is 3.92. The van der Waals surface area contributed by atoms with E-state index in [1.54, 1.807) is 0 Å². The maximum Gasteiger partial charge on any atom is 0.318 e. The lowest BCUT2D eigenvalue weighted by Crippen LogP contribution is -2.52. The normalized spacial score (nSPS) is 24.3. The fourth-order valence-corrected chi connectivity index (χ4v) is 7.55. The molecule has 7 rings (SSSR count). The Morgan fingerprint density at radius 2 is 1.80 bits per heavy atom. The van der Waals surface area contributed by atoms with Crippen molar-refractivity contribution in [3.63, 3.8) is 0 Å². The molecule has 4 aliphatic rings. The summed E-state index contributed by atoms with van der Waals surface area (Å²) in [7, 11) is 2.19. The number of rotatable bonds is 9. The van der Waals surface area contributed by atoms with Crippen LogP contribution in [-0.2, 0) is 19.4 Å². The van der Waals surface area contributed by atoms with Gasteiger partial charge in [0.15, 0.2) is 0 Å². The average Bonchev–Trinajstić information content (AvgIpc) is 3.57. The van der Waals surface area contributed by atoms with E-state index < -0.39 is 0 Å². The summed E-state index contributed by atoms with van der Waals surface area (Å²) in [4.78, 5) is 17.6. The molecule has 3 fully saturated rings. The molecule has 2 aromatic carbocycles. The molecule has 8 nitrogen and oxygen atoms in total. The zero-order chi connectivity index (χ0) is 27.8. The Kier molecular flexibility index (Phi) is 7.71. The summed E-state index contributed by atoms with van der Waals surface area (Å²) < 4.78 is 6.37. The first-order chi connectivity index (χ1) is 20.2. The van der Waals surface area contributed by atoms with E-state index in [0.717, 1.165) is 69.9 Å². The van der Waals surface area contributed by atoms with Gasteiger partial charge in [-0.05, 0) is 82.0 Å². The standard InChI is InChI=1S/C33H44N6O2/c1-37-16-6-11-27(37)22-41-33-35-29-21-38(17-15-28(29)32(36-33)39-19-25-13-14-26(20-39)34-25)30-12-5-10-24-9-4-8-23(31(24)30)7-2-3-18-40/h4-5,8-10,12,25-27,34,40H,2-3,6-7,11,13-22H2,1H3/t25?,26?,27-/m0/s1. The lowest BCUT2D eigenvalue weighted by molar-refractivity contribution is 0.187. The number of hydrogen-bond donors (Lipinski definition) is 2. The van der Waals surface area contributed by atoms with Crippen LogP contribution in [0.5, 0.6) is 6.01 Å². The molecule has 218 valence electrons. The van der Waals surface area contributed by atoms with Gasteiger partial charge in [0.1, 0.15) is 12.4 Å². The molecule has 0 amide bonds. The Labute approximate surface area is 243 Å². The molecule has 41 heavy (non-hydrogen) atoms. The number of unbranched alkanes of at least 4 members (excludes halogenated alkanes) is 1. The fraction of sp³-hybridized carbons (Fsp3) is 0.576. The van der Waals surface area contributed by atoms with Crippen molar-refractivity contribution >= 4 is 22.3 Å². The monoisotopic (exact) mass is 556 g/mol. The van der Waals surface area contributed by atoms with Crippen molar-refractivity contribution in [2.75, 3.05) is 56.2 Å².